The molecule has 0 aliphatic carbocycles. The highest BCUT2D eigenvalue weighted by molar-refractivity contribution is 7.15. The zero-order valence-electron chi connectivity index (χ0n) is 14.1. The van der Waals surface area contributed by atoms with Gasteiger partial charge in [0.2, 0.25) is 11.7 Å². The van der Waals surface area contributed by atoms with Gasteiger partial charge in [-0.25, -0.2) is 9.37 Å². The second kappa shape index (κ2) is 8.02. The van der Waals surface area contributed by atoms with Crippen LogP contribution in [0.4, 0.5) is 15.2 Å². The van der Waals surface area contributed by atoms with Gasteiger partial charge in [-0.2, -0.15) is 4.98 Å². The molecule has 0 amide bonds. The van der Waals surface area contributed by atoms with Gasteiger partial charge in [0.05, 0.1) is 6.54 Å². The summed E-state index contributed by atoms with van der Waals surface area (Å²) in [5.74, 6) is 0.692. The second-order valence-corrected chi connectivity index (χ2v) is 6.71. The van der Waals surface area contributed by atoms with Crippen molar-refractivity contribution in [3.05, 3.63) is 71.4 Å². The fourth-order valence-electron chi connectivity index (χ4n) is 2.32. The molecule has 2 N–H and O–H groups in total. The van der Waals surface area contributed by atoms with Crippen molar-refractivity contribution in [3.8, 4) is 11.5 Å². The van der Waals surface area contributed by atoms with Gasteiger partial charge in [-0.3, -0.25) is 4.98 Å². The fourth-order valence-corrected chi connectivity index (χ4v) is 3.12. The average Bonchev–Trinajstić information content (AvgIpc) is 3.34. The number of hydrogen-bond acceptors (Lipinski definition) is 8. The summed E-state index contributed by atoms with van der Waals surface area (Å²) >= 11 is 1.51. The number of thiazole rings is 1. The first-order valence-corrected chi connectivity index (χ1v) is 9.00. The molecule has 0 saturated heterocycles. The molecule has 7 nitrogen and oxygen atoms in total. The summed E-state index contributed by atoms with van der Waals surface area (Å²) in [7, 11) is 0. The number of rotatable bonds is 7. The average molecular weight is 382 g/mol. The summed E-state index contributed by atoms with van der Waals surface area (Å²) < 4.78 is 18.2. The lowest BCUT2D eigenvalue weighted by Crippen LogP contribution is -2.11. The lowest BCUT2D eigenvalue weighted by Gasteiger charge is -2.01. The summed E-state index contributed by atoms with van der Waals surface area (Å²) in [5, 5.41) is 11.1. The third-order valence-corrected chi connectivity index (χ3v) is 4.50. The molecule has 4 aromatic rings. The van der Waals surface area contributed by atoms with Crippen LogP contribution in [-0.4, -0.2) is 20.1 Å². The molecule has 4 rings (SSSR count). The Hall–Kier alpha value is -3.17. The van der Waals surface area contributed by atoms with Crippen LogP contribution in [0.5, 0.6) is 0 Å². The molecule has 0 radical (unpaired) electrons. The van der Waals surface area contributed by atoms with Crippen LogP contribution in [0.2, 0.25) is 0 Å². The third-order valence-electron chi connectivity index (χ3n) is 3.59. The number of anilines is 2. The first kappa shape index (κ1) is 17.3. The maximum atomic E-state index is 12.9. The molecule has 1 aromatic carbocycles. The minimum absolute atomic E-state index is 0.267. The van der Waals surface area contributed by atoms with E-state index in [4.69, 9.17) is 4.52 Å². The van der Waals surface area contributed by atoms with E-state index >= 15 is 0 Å². The second-order valence-electron chi connectivity index (χ2n) is 5.59. The standard InChI is InChI=1S/C18H15FN6OS/c19-12-4-6-13(7-5-12)23-18-22-10-14(27-18)9-20-11-16-24-17(25-26-16)15-3-1-2-8-21-15/h1-8,10,20H,9,11H2,(H,22,23). The molecule has 0 aliphatic rings. The van der Waals surface area contributed by atoms with Crippen LogP contribution in [0, 0.1) is 5.82 Å². The summed E-state index contributed by atoms with van der Waals surface area (Å²) in [6, 6.07) is 11.7. The number of pyridine rings is 1. The van der Waals surface area contributed by atoms with Crippen molar-refractivity contribution in [1.82, 2.24) is 25.4 Å². The van der Waals surface area contributed by atoms with Crippen molar-refractivity contribution < 1.29 is 8.91 Å². The SMILES string of the molecule is Fc1ccc(Nc2ncc(CNCc3nc(-c4ccccn4)no3)s2)cc1. The van der Waals surface area contributed by atoms with Crippen molar-refractivity contribution in [2.75, 3.05) is 5.32 Å². The highest BCUT2D eigenvalue weighted by Crippen LogP contribution is 2.22. The number of benzene rings is 1. The van der Waals surface area contributed by atoms with Crippen LogP contribution < -0.4 is 10.6 Å². The Morgan fingerprint density at radius 3 is 2.74 bits per heavy atom. The maximum Gasteiger partial charge on any atom is 0.240 e. The molecule has 3 aromatic heterocycles. The molecule has 0 spiro atoms. The highest BCUT2D eigenvalue weighted by atomic mass is 32.1. The van der Waals surface area contributed by atoms with E-state index in [1.54, 1.807) is 24.5 Å². The van der Waals surface area contributed by atoms with Gasteiger partial charge < -0.3 is 15.2 Å². The summed E-state index contributed by atoms with van der Waals surface area (Å²) in [5.41, 5.74) is 1.46. The Balaban J connectivity index is 1.29. The van der Waals surface area contributed by atoms with E-state index in [1.807, 2.05) is 18.2 Å². The van der Waals surface area contributed by atoms with E-state index < -0.39 is 0 Å². The molecule has 0 bridgehead atoms. The number of hydrogen-bond donors (Lipinski definition) is 2. The summed E-state index contributed by atoms with van der Waals surface area (Å²) in [6.45, 7) is 1.06. The molecule has 0 aliphatic heterocycles. The fraction of sp³-hybridized carbons (Fsp3) is 0.111. The van der Waals surface area contributed by atoms with Crippen LogP contribution >= 0.6 is 11.3 Å². The van der Waals surface area contributed by atoms with Crippen molar-refractivity contribution in [2.45, 2.75) is 13.1 Å². The van der Waals surface area contributed by atoms with E-state index in [1.165, 1.54) is 23.5 Å². The van der Waals surface area contributed by atoms with Crippen molar-refractivity contribution in [1.29, 1.82) is 0 Å². The van der Waals surface area contributed by atoms with E-state index in [-0.39, 0.29) is 5.82 Å². The monoisotopic (exact) mass is 382 g/mol. The van der Waals surface area contributed by atoms with Crippen LogP contribution in [0.25, 0.3) is 11.5 Å². The topological polar surface area (TPSA) is 88.8 Å². The van der Waals surface area contributed by atoms with Crippen LogP contribution in [0.15, 0.2) is 59.4 Å². The Morgan fingerprint density at radius 2 is 1.93 bits per heavy atom. The van der Waals surface area contributed by atoms with E-state index in [9.17, 15) is 4.39 Å². The van der Waals surface area contributed by atoms with Gasteiger partial charge >= 0.3 is 0 Å². The zero-order valence-corrected chi connectivity index (χ0v) is 14.9. The molecular formula is C18H15FN6OS. The van der Waals surface area contributed by atoms with Gasteiger partial charge in [-0.15, -0.1) is 11.3 Å². The number of halogens is 1. The third kappa shape index (κ3) is 4.52. The summed E-state index contributed by atoms with van der Waals surface area (Å²) in [4.78, 5) is 13.9. The first-order valence-electron chi connectivity index (χ1n) is 8.18. The normalized spacial score (nSPS) is 10.9. The van der Waals surface area contributed by atoms with E-state index in [2.05, 4.69) is 30.7 Å². The Kier molecular flexibility index (Phi) is 5.13. The van der Waals surface area contributed by atoms with Crippen LogP contribution in [-0.2, 0) is 13.1 Å². The minimum Gasteiger partial charge on any atom is -0.337 e. The van der Waals surface area contributed by atoms with Gasteiger partial charge in [0, 0.05) is 29.5 Å². The van der Waals surface area contributed by atoms with E-state index in [0.717, 1.165) is 15.7 Å². The largest absolute Gasteiger partial charge is 0.337 e. The Bertz CT molecular complexity index is 1000. The molecular weight excluding hydrogens is 367 g/mol. The smallest absolute Gasteiger partial charge is 0.240 e. The van der Waals surface area contributed by atoms with Crippen molar-refractivity contribution in [3.63, 3.8) is 0 Å². The van der Waals surface area contributed by atoms with Gasteiger partial charge in [0.25, 0.3) is 0 Å². The lowest BCUT2D eigenvalue weighted by atomic mass is 10.3. The molecule has 136 valence electrons. The first-order chi connectivity index (χ1) is 13.3. The van der Waals surface area contributed by atoms with E-state index in [0.29, 0.717) is 30.5 Å². The summed E-state index contributed by atoms with van der Waals surface area (Å²) in [6.07, 6.45) is 3.47. The Labute approximate surface area is 158 Å². The van der Waals surface area contributed by atoms with Crippen LogP contribution in [0.1, 0.15) is 10.8 Å². The van der Waals surface area contributed by atoms with Crippen LogP contribution in [0.3, 0.4) is 0 Å². The van der Waals surface area contributed by atoms with Gasteiger partial charge in [0.15, 0.2) is 5.13 Å². The molecule has 0 saturated carbocycles. The van der Waals surface area contributed by atoms with Gasteiger partial charge in [-0.05, 0) is 36.4 Å². The zero-order chi connectivity index (χ0) is 18.5. The number of aromatic nitrogens is 4. The van der Waals surface area contributed by atoms with Gasteiger partial charge in [-0.1, -0.05) is 11.2 Å². The van der Waals surface area contributed by atoms with Crippen molar-refractivity contribution in [2.24, 2.45) is 0 Å². The Morgan fingerprint density at radius 1 is 1.04 bits per heavy atom. The molecule has 3 heterocycles. The van der Waals surface area contributed by atoms with Crippen molar-refractivity contribution >= 4 is 22.2 Å². The molecule has 9 heteroatoms. The molecule has 0 atom stereocenters. The molecule has 0 unspecified atom stereocenters. The number of nitrogens with zero attached hydrogens (tertiary/aromatic N) is 4. The van der Waals surface area contributed by atoms with Gasteiger partial charge in [0.1, 0.15) is 11.5 Å². The predicted molar refractivity (Wildman–Crippen MR) is 99.9 cm³/mol. The quantitative estimate of drug-likeness (QED) is 0.503. The maximum absolute atomic E-state index is 12.9. The number of nitrogens with one attached hydrogen (secondary N) is 2. The lowest BCUT2D eigenvalue weighted by molar-refractivity contribution is 0.367. The minimum atomic E-state index is -0.267. The molecule has 27 heavy (non-hydrogen) atoms. The predicted octanol–water partition coefficient (Wildman–Crippen LogP) is 3.76. The molecule has 0 fully saturated rings. The highest BCUT2D eigenvalue weighted by Gasteiger charge is 2.09.